The lowest BCUT2D eigenvalue weighted by atomic mass is 10.1. The molecule has 2 atom stereocenters. The minimum atomic E-state index is -0.578. The number of ether oxygens (including phenoxy) is 2. The van der Waals surface area contributed by atoms with E-state index < -0.39 is 12.0 Å². The Bertz CT molecular complexity index is 658. The fourth-order valence-electron chi connectivity index (χ4n) is 2.44. The molecule has 0 aliphatic carbocycles. The molecule has 25 heavy (non-hydrogen) atoms. The summed E-state index contributed by atoms with van der Waals surface area (Å²) in [6.45, 7) is 5.35. The van der Waals surface area contributed by atoms with Crippen LogP contribution >= 0.6 is 11.8 Å². The molecule has 2 unspecified atom stereocenters. The smallest absolute Gasteiger partial charge is 0.338 e. The van der Waals surface area contributed by atoms with Crippen molar-refractivity contribution in [1.82, 2.24) is 4.90 Å². The van der Waals surface area contributed by atoms with Gasteiger partial charge in [0.2, 0.25) is 5.91 Å². The second-order valence-corrected chi connectivity index (χ2v) is 6.72. The summed E-state index contributed by atoms with van der Waals surface area (Å²) in [4.78, 5) is 36.7. The maximum absolute atomic E-state index is 11.8. The molecule has 0 bridgehead atoms. The van der Waals surface area contributed by atoms with Gasteiger partial charge in [-0.15, -0.1) is 11.8 Å². The van der Waals surface area contributed by atoms with Gasteiger partial charge in [0.1, 0.15) is 12.6 Å². The van der Waals surface area contributed by atoms with Crippen molar-refractivity contribution >= 4 is 29.6 Å². The molecule has 6 nitrogen and oxygen atoms in total. The summed E-state index contributed by atoms with van der Waals surface area (Å²) in [5.41, 5.74) is 1.51. The molecule has 2 rings (SSSR count). The van der Waals surface area contributed by atoms with Gasteiger partial charge in [0.15, 0.2) is 0 Å². The standard InChI is InChI=1S/C18H21NO5S/c1-4-9-24-18(22)14-7-5-13(6-8-14)11-25-16-10-15(20)19(16)12(2)17(21)23-3/h4-8,12,16H,1,9-11H2,2-3H3. The van der Waals surface area contributed by atoms with Crippen LogP contribution in [0.1, 0.15) is 29.3 Å². The summed E-state index contributed by atoms with van der Waals surface area (Å²) in [6, 6.07) is 6.55. The number of nitrogens with zero attached hydrogens (tertiary/aromatic N) is 1. The van der Waals surface area contributed by atoms with E-state index in [0.717, 1.165) is 5.56 Å². The number of methoxy groups -OCH3 is 1. The molecular weight excluding hydrogens is 342 g/mol. The average molecular weight is 363 g/mol. The first-order valence-corrected chi connectivity index (χ1v) is 8.90. The van der Waals surface area contributed by atoms with Crippen LogP contribution in [-0.4, -0.2) is 47.9 Å². The number of likely N-dealkylation sites (tertiary alicyclic amines) is 1. The van der Waals surface area contributed by atoms with E-state index in [1.165, 1.54) is 13.2 Å². The molecule has 0 spiro atoms. The Hall–Kier alpha value is -2.28. The third-order valence-corrected chi connectivity index (χ3v) is 5.15. The Kier molecular flexibility index (Phi) is 6.64. The van der Waals surface area contributed by atoms with Crippen molar-refractivity contribution in [3.63, 3.8) is 0 Å². The van der Waals surface area contributed by atoms with Crippen molar-refractivity contribution in [2.24, 2.45) is 0 Å². The molecule has 1 amide bonds. The van der Waals surface area contributed by atoms with E-state index in [1.54, 1.807) is 35.7 Å². The molecule has 1 aliphatic rings. The first-order chi connectivity index (χ1) is 12.0. The highest BCUT2D eigenvalue weighted by Crippen LogP contribution is 2.33. The summed E-state index contributed by atoms with van der Waals surface area (Å²) >= 11 is 1.58. The lowest BCUT2D eigenvalue weighted by Crippen LogP contribution is -2.57. The third kappa shape index (κ3) is 4.63. The van der Waals surface area contributed by atoms with Crippen molar-refractivity contribution in [2.45, 2.75) is 30.5 Å². The van der Waals surface area contributed by atoms with E-state index >= 15 is 0 Å². The van der Waals surface area contributed by atoms with E-state index in [1.807, 2.05) is 12.1 Å². The van der Waals surface area contributed by atoms with Crippen LogP contribution in [0.5, 0.6) is 0 Å². The summed E-state index contributed by atoms with van der Waals surface area (Å²) in [5, 5.41) is -0.0427. The van der Waals surface area contributed by atoms with Crippen LogP contribution < -0.4 is 0 Å². The fraction of sp³-hybridized carbons (Fsp3) is 0.389. The molecule has 1 saturated heterocycles. The van der Waals surface area contributed by atoms with Crippen LogP contribution in [0.3, 0.4) is 0 Å². The van der Waals surface area contributed by atoms with Crippen molar-refractivity contribution in [3.8, 4) is 0 Å². The number of amides is 1. The lowest BCUT2D eigenvalue weighted by molar-refractivity contribution is -0.158. The monoisotopic (exact) mass is 363 g/mol. The van der Waals surface area contributed by atoms with Gasteiger partial charge in [-0.05, 0) is 24.6 Å². The fourth-order valence-corrected chi connectivity index (χ4v) is 3.74. The zero-order chi connectivity index (χ0) is 18.4. The highest BCUT2D eigenvalue weighted by molar-refractivity contribution is 7.99. The Morgan fingerprint density at radius 2 is 2.08 bits per heavy atom. The van der Waals surface area contributed by atoms with E-state index in [9.17, 15) is 14.4 Å². The maximum Gasteiger partial charge on any atom is 0.338 e. The van der Waals surface area contributed by atoms with E-state index in [2.05, 4.69) is 6.58 Å². The van der Waals surface area contributed by atoms with Crippen LogP contribution in [0.15, 0.2) is 36.9 Å². The van der Waals surface area contributed by atoms with Crippen molar-refractivity contribution in [3.05, 3.63) is 48.0 Å². The van der Waals surface area contributed by atoms with Gasteiger partial charge in [0.05, 0.1) is 24.5 Å². The molecule has 0 aromatic heterocycles. The number of β-lactam (4-membered cyclic amide) rings is 1. The molecule has 1 aromatic rings. The predicted octanol–water partition coefficient (Wildman–Crippen LogP) is 2.38. The number of hydrogen-bond acceptors (Lipinski definition) is 6. The number of carbonyl (C=O) groups is 3. The number of esters is 2. The third-order valence-electron chi connectivity index (χ3n) is 3.87. The quantitative estimate of drug-likeness (QED) is 0.401. The van der Waals surface area contributed by atoms with Gasteiger partial charge in [-0.25, -0.2) is 9.59 Å². The number of hydrogen-bond donors (Lipinski definition) is 0. The topological polar surface area (TPSA) is 72.9 Å². The molecule has 0 N–H and O–H groups in total. The van der Waals surface area contributed by atoms with Crippen LogP contribution in [0.25, 0.3) is 0 Å². The van der Waals surface area contributed by atoms with Gasteiger partial charge in [-0.3, -0.25) is 4.79 Å². The van der Waals surface area contributed by atoms with E-state index in [0.29, 0.717) is 17.7 Å². The van der Waals surface area contributed by atoms with E-state index in [-0.39, 0.29) is 23.9 Å². The molecule has 0 saturated carbocycles. The lowest BCUT2D eigenvalue weighted by Gasteiger charge is -2.42. The average Bonchev–Trinajstić information content (AvgIpc) is 2.62. The molecule has 134 valence electrons. The van der Waals surface area contributed by atoms with Gasteiger partial charge in [-0.1, -0.05) is 24.8 Å². The Labute approximate surface area is 151 Å². The zero-order valence-corrected chi connectivity index (χ0v) is 15.1. The molecule has 1 heterocycles. The van der Waals surface area contributed by atoms with Crippen LogP contribution in [0.2, 0.25) is 0 Å². The Morgan fingerprint density at radius 3 is 2.64 bits per heavy atom. The van der Waals surface area contributed by atoms with Crippen LogP contribution in [0, 0.1) is 0 Å². The second kappa shape index (κ2) is 8.71. The highest BCUT2D eigenvalue weighted by atomic mass is 32.2. The zero-order valence-electron chi connectivity index (χ0n) is 14.3. The SMILES string of the molecule is C=CCOC(=O)c1ccc(CSC2CC(=O)N2C(C)C(=O)OC)cc1. The molecule has 0 radical (unpaired) electrons. The van der Waals surface area contributed by atoms with Crippen LogP contribution in [-0.2, 0) is 24.8 Å². The molecule has 1 aliphatic heterocycles. The van der Waals surface area contributed by atoms with Crippen molar-refractivity contribution < 1.29 is 23.9 Å². The van der Waals surface area contributed by atoms with Gasteiger partial charge in [0, 0.05) is 5.75 Å². The normalized spacial score (nSPS) is 17.4. The van der Waals surface area contributed by atoms with Gasteiger partial charge >= 0.3 is 11.9 Å². The number of benzene rings is 1. The highest BCUT2D eigenvalue weighted by Gasteiger charge is 2.42. The Balaban J connectivity index is 1.89. The number of rotatable bonds is 8. The predicted molar refractivity (Wildman–Crippen MR) is 94.9 cm³/mol. The minimum absolute atomic E-state index is 0.0427. The number of carbonyl (C=O) groups excluding carboxylic acids is 3. The van der Waals surface area contributed by atoms with Crippen molar-refractivity contribution in [1.29, 1.82) is 0 Å². The molecular formula is C18H21NO5S. The van der Waals surface area contributed by atoms with Crippen LogP contribution in [0.4, 0.5) is 0 Å². The van der Waals surface area contributed by atoms with Gasteiger partial charge < -0.3 is 14.4 Å². The molecule has 1 fully saturated rings. The van der Waals surface area contributed by atoms with Gasteiger partial charge in [0.25, 0.3) is 0 Å². The Morgan fingerprint density at radius 1 is 1.40 bits per heavy atom. The molecule has 1 aromatic carbocycles. The van der Waals surface area contributed by atoms with E-state index in [4.69, 9.17) is 9.47 Å². The summed E-state index contributed by atoms with van der Waals surface area (Å²) in [5.74, 6) is -0.178. The summed E-state index contributed by atoms with van der Waals surface area (Å²) in [6.07, 6.45) is 1.93. The number of thioether (sulfide) groups is 1. The molecule has 7 heteroatoms. The van der Waals surface area contributed by atoms with Gasteiger partial charge in [-0.2, -0.15) is 0 Å². The maximum atomic E-state index is 11.8. The first kappa shape index (κ1) is 19.1. The van der Waals surface area contributed by atoms with Crippen molar-refractivity contribution in [2.75, 3.05) is 13.7 Å². The second-order valence-electron chi connectivity index (χ2n) is 5.55. The summed E-state index contributed by atoms with van der Waals surface area (Å²) in [7, 11) is 1.31. The minimum Gasteiger partial charge on any atom is -0.467 e. The first-order valence-electron chi connectivity index (χ1n) is 7.85. The largest absolute Gasteiger partial charge is 0.467 e. The summed E-state index contributed by atoms with van der Waals surface area (Å²) < 4.78 is 9.68.